The van der Waals surface area contributed by atoms with Gasteiger partial charge in [-0.15, -0.1) is 0 Å². The molecule has 0 fully saturated rings. The van der Waals surface area contributed by atoms with Crippen molar-refractivity contribution in [1.29, 1.82) is 0 Å². The van der Waals surface area contributed by atoms with Gasteiger partial charge < -0.3 is 10.4 Å². The number of rotatable bonds is 6. The highest BCUT2D eigenvalue weighted by Gasteiger charge is 2.14. The minimum atomic E-state index is -0.401. The van der Waals surface area contributed by atoms with E-state index in [9.17, 15) is 10.1 Å². The van der Waals surface area contributed by atoms with Crippen molar-refractivity contribution in [2.24, 2.45) is 0 Å². The first kappa shape index (κ1) is 14.1. The van der Waals surface area contributed by atoms with Crippen LogP contribution >= 0.6 is 15.9 Å². The van der Waals surface area contributed by atoms with E-state index in [4.69, 9.17) is 5.11 Å². The molecule has 0 spiro atoms. The van der Waals surface area contributed by atoms with Crippen molar-refractivity contribution in [3.63, 3.8) is 0 Å². The van der Waals surface area contributed by atoms with E-state index >= 15 is 0 Å². The second kappa shape index (κ2) is 6.68. The predicted octanol–water partition coefficient (Wildman–Crippen LogP) is 2.22. The summed E-state index contributed by atoms with van der Waals surface area (Å²) in [7, 11) is 0. The summed E-state index contributed by atoms with van der Waals surface area (Å²) in [6, 6.07) is 4.93. The van der Waals surface area contributed by atoms with E-state index in [1.165, 1.54) is 6.07 Å². The number of aliphatic hydroxyl groups is 1. The summed E-state index contributed by atoms with van der Waals surface area (Å²) in [6.45, 7) is 2.35. The van der Waals surface area contributed by atoms with Crippen LogP contribution in [0.5, 0.6) is 0 Å². The first-order valence-electron chi connectivity index (χ1n) is 5.35. The minimum absolute atomic E-state index is 0.0286. The maximum absolute atomic E-state index is 10.9. The van der Waals surface area contributed by atoms with Gasteiger partial charge in [-0.05, 0) is 18.6 Å². The Bertz CT molecular complexity index is 394. The van der Waals surface area contributed by atoms with Gasteiger partial charge in [-0.3, -0.25) is 10.1 Å². The number of benzene rings is 1. The number of nitro groups is 1. The monoisotopic (exact) mass is 302 g/mol. The molecule has 0 saturated heterocycles. The molecule has 1 atom stereocenters. The Labute approximate surface area is 108 Å². The van der Waals surface area contributed by atoms with Crippen LogP contribution in [0.15, 0.2) is 22.7 Å². The third-order valence-corrected chi connectivity index (χ3v) is 3.03. The highest BCUT2D eigenvalue weighted by molar-refractivity contribution is 9.10. The van der Waals surface area contributed by atoms with Crippen LogP contribution in [-0.2, 0) is 6.54 Å². The van der Waals surface area contributed by atoms with Crippen LogP contribution in [0.4, 0.5) is 5.69 Å². The van der Waals surface area contributed by atoms with Gasteiger partial charge in [0.2, 0.25) is 0 Å². The Morgan fingerprint density at radius 2 is 2.29 bits per heavy atom. The second-order valence-corrected chi connectivity index (χ2v) is 4.61. The molecule has 6 heteroatoms. The molecule has 17 heavy (non-hydrogen) atoms. The lowest BCUT2D eigenvalue weighted by atomic mass is 10.1. The average Bonchev–Trinajstić information content (AvgIpc) is 2.31. The molecule has 0 saturated carbocycles. The fourth-order valence-electron chi connectivity index (χ4n) is 1.45. The van der Waals surface area contributed by atoms with Crippen LogP contribution in [0.1, 0.15) is 18.9 Å². The Balaban J connectivity index is 2.80. The van der Waals surface area contributed by atoms with E-state index < -0.39 is 4.92 Å². The molecule has 0 bridgehead atoms. The summed E-state index contributed by atoms with van der Waals surface area (Å²) in [6.07, 6.45) is 0.779. The quantitative estimate of drug-likeness (QED) is 0.624. The van der Waals surface area contributed by atoms with Crippen molar-refractivity contribution >= 4 is 21.6 Å². The first-order valence-corrected chi connectivity index (χ1v) is 6.14. The number of hydrogen-bond donors (Lipinski definition) is 2. The lowest BCUT2D eigenvalue weighted by Crippen LogP contribution is -2.31. The lowest BCUT2D eigenvalue weighted by molar-refractivity contribution is -0.385. The van der Waals surface area contributed by atoms with Crippen LogP contribution in [-0.4, -0.2) is 22.7 Å². The summed E-state index contributed by atoms with van der Waals surface area (Å²) in [5.74, 6) is 0. The second-order valence-electron chi connectivity index (χ2n) is 3.70. The zero-order valence-corrected chi connectivity index (χ0v) is 11.1. The molecule has 0 aliphatic carbocycles. The molecule has 0 unspecified atom stereocenters. The Morgan fingerprint density at radius 3 is 2.82 bits per heavy atom. The molecule has 1 rings (SSSR count). The number of nitro benzene ring substituents is 1. The van der Waals surface area contributed by atoms with Gasteiger partial charge in [-0.25, -0.2) is 0 Å². The third-order valence-electron chi connectivity index (χ3n) is 2.54. The minimum Gasteiger partial charge on any atom is -0.395 e. The standard InChI is InChI=1S/C11H15BrN2O3/c1-2-10(7-15)13-6-8-3-4-9(12)5-11(8)14(16)17/h3-5,10,13,15H,2,6-7H2,1H3/t10-/m1/s1. The summed E-state index contributed by atoms with van der Waals surface area (Å²) in [5, 5.41) is 23.0. The molecule has 0 amide bonds. The van der Waals surface area contributed by atoms with Gasteiger partial charge in [-0.2, -0.15) is 0 Å². The smallest absolute Gasteiger partial charge is 0.275 e. The van der Waals surface area contributed by atoms with Gasteiger partial charge in [0.25, 0.3) is 5.69 Å². The highest BCUT2D eigenvalue weighted by Crippen LogP contribution is 2.23. The highest BCUT2D eigenvalue weighted by atomic mass is 79.9. The Kier molecular flexibility index (Phi) is 5.54. The van der Waals surface area contributed by atoms with Gasteiger partial charge in [-0.1, -0.05) is 22.9 Å². The maximum atomic E-state index is 10.9. The number of halogens is 1. The lowest BCUT2D eigenvalue weighted by Gasteiger charge is -2.13. The molecule has 1 aromatic rings. The summed E-state index contributed by atoms with van der Waals surface area (Å²) < 4.78 is 0.683. The van der Waals surface area contributed by atoms with Crippen LogP contribution in [0.3, 0.4) is 0 Å². The number of nitrogens with zero attached hydrogens (tertiary/aromatic N) is 1. The number of aliphatic hydroxyl groups excluding tert-OH is 1. The molecule has 94 valence electrons. The molecule has 2 N–H and O–H groups in total. The molecule has 0 aliphatic rings. The van der Waals surface area contributed by atoms with Crippen molar-refractivity contribution in [3.8, 4) is 0 Å². The van der Waals surface area contributed by atoms with Gasteiger partial charge >= 0.3 is 0 Å². The van der Waals surface area contributed by atoms with Crippen LogP contribution in [0, 0.1) is 10.1 Å². The van der Waals surface area contributed by atoms with Crippen molar-refractivity contribution in [2.45, 2.75) is 25.9 Å². The Morgan fingerprint density at radius 1 is 1.59 bits per heavy atom. The van der Waals surface area contributed by atoms with Gasteiger partial charge in [0.1, 0.15) is 0 Å². The molecule has 0 aliphatic heterocycles. The number of hydrogen-bond acceptors (Lipinski definition) is 4. The molecule has 0 aromatic heterocycles. The average molecular weight is 303 g/mol. The number of nitrogens with one attached hydrogen (secondary N) is 1. The van der Waals surface area contributed by atoms with Crippen LogP contribution in [0.2, 0.25) is 0 Å². The largest absolute Gasteiger partial charge is 0.395 e. The SMILES string of the molecule is CC[C@H](CO)NCc1ccc(Br)cc1[N+](=O)[O-]. The zero-order chi connectivity index (χ0) is 12.8. The fourth-order valence-corrected chi connectivity index (χ4v) is 1.80. The summed E-state index contributed by atoms with van der Waals surface area (Å²) in [4.78, 5) is 10.5. The molecular weight excluding hydrogens is 288 g/mol. The van der Waals surface area contributed by atoms with Gasteiger partial charge in [0.05, 0.1) is 11.5 Å². The summed E-state index contributed by atoms with van der Waals surface area (Å²) >= 11 is 3.21. The maximum Gasteiger partial charge on any atom is 0.275 e. The molecule has 0 heterocycles. The van der Waals surface area contributed by atoms with Crippen molar-refractivity contribution in [2.75, 3.05) is 6.61 Å². The molecule has 1 aromatic carbocycles. The predicted molar refractivity (Wildman–Crippen MR) is 68.8 cm³/mol. The first-order chi connectivity index (χ1) is 8.08. The van der Waals surface area contributed by atoms with E-state index in [0.29, 0.717) is 16.6 Å². The molecular formula is C11H15BrN2O3. The van der Waals surface area contributed by atoms with Crippen molar-refractivity contribution in [3.05, 3.63) is 38.3 Å². The van der Waals surface area contributed by atoms with E-state index in [-0.39, 0.29) is 18.3 Å². The van der Waals surface area contributed by atoms with Gasteiger partial charge in [0.15, 0.2) is 0 Å². The summed E-state index contributed by atoms with van der Waals surface area (Å²) in [5.41, 5.74) is 0.699. The molecule has 5 nitrogen and oxygen atoms in total. The van der Waals surface area contributed by atoms with Gasteiger partial charge in [0, 0.05) is 28.7 Å². The molecule has 0 radical (unpaired) electrons. The van der Waals surface area contributed by atoms with Crippen LogP contribution < -0.4 is 5.32 Å². The van der Waals surface area contributed by atoms with Crippen LogP contribution in [0.25, 0.3) is 0 Å². The topological polar surface area (TPSA) is 75.4 Å². The zero-order valence-electron chi connectivity index (χ0n) is 9.52. The third kappa shape index (κ3) is 4.07. The van der Waals surface area contributed by atoms with E-state index in [1.807, 2.05) is 6.92 Å². The van der Waals surface area contributed by atoms with E-state index in [0.717, 1.165) is 6.42 Å². The van der Waals surface area contributed by atoms with Crippen molar-refractivity contribution < 1.29 is 10.0 Å². The fraction of sp³-hybridized carbons (Fsp3) is 0.455. The normalized spacial score (nSPS) is 12.4. The van der Waals surface area contributed by atoms with E-state index in [2.05, 4.69) is 21.2 Å². The van der Waals surface area contributed by atoms with Crippen molar-refractivity contribution in [1.82, 2.24) is 5.32 Å². The van der Waals surface area contributed by atoms with E-state index in [1.54, 1.807) is 12.1 Å². The Hall–Kier alpha value is -0.980.